The molecule has 2 N–H and O–H groups in total. The van der Waals surface area contributed by atoms with E-state index in [1.807, 2.05) is 0 Å². The number of carbonyl (C=O) groups is 1. The van der Waals surface area contributed by atoms with Crippen LogP contribution in [0.5, 0.6) is 0 Å². The van der Waals surface area contributed by atoms with Gasteiger partial charge in [-0.1, -0.05) is 77.6 Å². The predicted octanol–water partition coefficient (Wildman–Crippen LogP) is 3.08. The maximum atomic E-state index is 11.2. The van der Waals surface area contributed by atoms with Crippen LogP contribution in [0.2, 0.25) is 0 Å². The molecule has 2 heterocycles. The Balaban J connectivity index is 1.39. The van der Waals surface area contributed by atoms with E-state index in [1.54, 1.807) is 0 Å². The third-order valence-electron chi connectivity index (χ3n) is 5.32. The van der Waals surface area contributed by atoms with Crippen LogP contribution in [0.25, 0.3) is 0 Å². The van der Waals surface area contributed by atoms with Crippen molar-refractivity contribution < 1.29 is 29.2 Å². The van der Waals surface area contributed by atoms with Crippen molar-refractivity contribution >= 4 is 5.97 Å². The molecule has 6 heteroatoms. The molecular formula is C20H36O6. The first-order valence-electron chi connectivity index (χ1n) is 10.5. The van der Waals surface area contributed by atoms with Gasteiger partial charge in [0.25, 0.3) is 0 Å². The fraction of sp³-hybridized carbons (Fsp3) is 0.950. The van der Waals surface area contributed by atoms with Gasteiger partial charge < -0.3 is 24.4 Å². The number of carbonyl (C=O) groups excluding carboxylic acids is 1. The molecule has 0 aromatic rings. The number of fused-ring (bicyclic) bond motifs is 1. The van der Waals surface area contributed by atoms with Crippen molar-refractivity contribution in [3.05, 3.63) is 0 Å². The van der Waals surface area contributed by atoms with Crippen LogP contribution in [0.3, 0.4) is 0 Å². The van der Waals surface area contributed by atoms with Gasteiger partial charge in [0.15, 0.2) is 18.5 Å². The van der Waals surface area contributed by atoms with Crippen LogP contribution in [0, 0.1) is 0 Å². The van der Waals surface area contributed by atoms with Crippen LogP contribution in [-0.4, -0.2) is 53.5 Å². The average molecular weight is 373 g/mol. The fourth-order valence-corrected chi connectivity index (χ4v) is 3.67. The van der Waals surface area contributed by atoms with Crippen molar-refractivity contribution in [2.24, 2.45) is 0 Å². The highest BCUT2D eigenvalue weighted by atomic mass is 16.7. The molecule has 0 aromatic heterocycles. The first-order valence-corrected chi connectivity index (χ1v) is 10.5. The van der Waals surface area contributed by atoms with Gasteiger partial charge in [0.1, 0.15) is 12.2 Å². The number of hydrogen-bond donors (Lipinski definition) is 2. The van der Waals surface area contributed by atoms with Gasteiger partial charge in [0.05, 0.1) is 0 Å². The highest BCUT2D eigenvalue weighted by Crippen LogP contribution is 2.32. The molecule has 0 spiro atoms. The summed E-state index contributed by atoms with van der Waals surface area (Å²) >= 11 is 0. The molecule has 26 heavy (non-hydrogen) atoms. The zero-order valence-corrected chi connectivity index (χ0v) is 16.1. The first kappa shape index (κ1) is 21.6. The lowest BCUT2D eigenvalue weighted by atomic mass is 10.1. The van der Waals surface area contributed by atoms with Gasteiger partial charge in [-0.15, -0.1) is 0 Å². The van der Waals surface area contributed by atoms with Gasteiger partial charge in [0, 0.05) is 6.61 Å². The number of rotatable bonds is 14. The number of aliphatic hydroxyl groups excluding tert-OH is 2. The summed E-state index contributed by atoms with van der Waals surface area (Å²) in [5.41, 5.74) is 0. The Kier molecular flexibility index (Phi) is 9.89. The van der Waals surface area contributed by atoms with E-state index in [1.165, 1.54) is 64.2 Å². The van der Waals surface area contributed by atoms with Crippen molar-refractivity contribution in [1.82, 2.24) is 0 Å². The van der Waals surface area contributed by atoms with Crippen molar-refractivity contribution in [3.63, 3.8) is 0 Å². The molecule has 0 aliphatic carbocycles. The van der Waals surface area contributed by atoms with E-state index in [-0.39, 0.29) is 0 Å². The zero-order valence-electron chi connectivity index (χ0n) is 16.1. The quantitative estimate of drug-likeness (QED) is 0.360. The van der Waals surface area contributed by atoms with Crippen molar-refractivity contribution in [3.8, 4) is 0 Å². The lowest BCUT2D eigenvalue weighted by Gasteiger charge is -2.17. The summed E-state index contributed by atoms with van der Waals surface area (Å²) in [6.45, 7) is 2.75. The molecule has 0 radical (unpaired) electrons. The zero-order chi connectivity index (χ0) is 18.8. The Hall–Kier alpha value is -0.690. The van der Waals surface area contributed by atoms with Gasteiger partial charge in [-0.2, -0.15) is 0 Å². The number of ether oxygens (including phenoxy) is 3. The van der Waals surface area contributed by atoms with Gasteiger partial charge in [0.2, 0.25) is 0 Å². The fourth-order valence-electron chi connectivity index (χ4n) is 3.67. The van der Waals surface area contributed by atoms with Crippen LogP contribution in [-0.2, 0) is 19.0 Å². The lowest BCUT2D eigenvalue weighted by Crippen LogP contribution is -2.33. The van der Waals surface area contributed by atoms with Crippen LogP contribution in [0.1, 0.15) is 84.0 Å². The number of unbranched alkanes of at least 4 members (excludes halogenated alkanes) is 11. The normalized spacial score (nSPS) is 30.6. The monoisotopic (exact) mass is 372 g/mol. The minimum Gasteiger partial charge on any atom is -0.454 e. The molecule has 2 fully saturated rings. The highest BCUT2D eigenvalue weighted by Gasteiger charge is 2.56. The van der Waals surface area contributed by atoms with E-state index >= 15 is 0 Å². The molecule has 5 atom stereocenters. The van der Waals surface area contributed by atoms with E-state index in [2.05, 4.69) is 6.92 Å². The molecule has 2 aliphatic rings. The van der Waals surface area contributed by atoms with Crippen LogP contribution < -0.4 is 0 Å². The number of aliphatic hydroxyl groups is 2. The largest absolute Gasteiger partial charge is 0.454 e. The van der Waals surface area contributed by atoms with Crippen molar-refractivity contribution in [1.29, 1.82) is 0 Å². The molecule has 5 unspecified atom stereocenters. The van der Waals surface area contributed by atoms with E-state index in [0.717, 1.165) is 12.8 Å². The lowest BCUT2D eigenvalue weighted by molar-refractivity contribution is -0.187. The van der Waals surface area contributed by atoms with Gasteiger partial charge in [-0.05, 0) is 6.42 Å². The van der Waals surface area contributed by atoms with Crippen molar-refractivity contribution in [2.75, 3.05) is 6.61 Å². The second-order valence-electron chi connectivity index (χ2n) is 7.57. The second kappa shape index (κ2) is 11.9. The summed E-state index contributed by atoms with van der Waals surface area (Å²) in [7, 11) is 0. The smallest absolute Gasteiger partial charge is 0.338 e. The summed E-state index contributed by atoms with van der Waals surface area (Å²) in [5.74, 6) is -0.738. The maximum absolute atomic E-state index is 11.2. The van der Waals surface area contributed by atoms with Gasteiger partial charge >= 0.3 is 5.97 Å². The van der Waals surface area contributed by atoms with E-state index < -0.39 is 36.7 Å². The molecule has 2 saturated heterocycles. The standard InChI is InChI=1S/C20H36O6/c1-2-3-4-5-6-7-8-9-10-11-12-13-14-24-20-16(22)18-17(26-20)15(21)19(23)25-18/h15-18,20-22H,2-14H2,1H3. The molecule has 0 aromatic carbocycles. The molecule has 6 nitrogen and oxygen atoms in total. The van der Waals surface area contributed by atoms with E-state index in [4.69, 9.17) is 14.2 Å². The number of esters is 1. The molecule has 2 aliphatic heterocycles. The third-order valence-corrected chi connectivity index (χ3v) is 5.32. The Morgan fingerprint density at radius 1 is 0.846 bits per heavy atom. The summed E-state index contributed by atoms with van der Waals surface area (Å²) in [4.78, 5) is 11.2. The van der Waals surface area contributed by atoms with E-state index in [0.29, 0.717) is 6.61 Å². The summed E-state index contributed by atoms with van der Waals surface area (Å²) in [6, 6.07) is 0. The predicted molar refractivity (Wildman–Crippen MR) is 97.6 cm³/mol. The molecule has 0 bridgehead atoms. The second-order valence-corrected chi connectivity index (χ2v) is 7.57. The molecule has 0 amide bonds. The topological polar surface area (TPSA) is 85.2 Å². The van der Waals surface area contributed by atoms with Crippen LogP contribution in [0.4, 0.5) is 0 Å². The molecule has 2 rings (SSSR count). The Labute approximate surface area is 157 Å². The van der Waals surface area contributed by atoms with Crippen LogP contribution in [0.15, 0.2) is 0 Å². The number of hydrogen-bond acceptors (Lipinski definition) is 6. The SMILES string of the molecule is CCCCCCCCCCCCCCOC1OC2C(O)C(=O)OC2C1O. The third kappa shape index (κ3) is 6.48. The van der Waals surface area contributed by atoms with E-state index in [9.17, 15) is 15.0 Å². The Morgan fingerprint density at radius 3 is 1.92 bits per heavy atom. The molecular weight excluding hydrogens is 336 g/mol. The summed E-state index contributed by atoms with van der Waals surface area (Å²) in [6.07, 6.45) is 10.5. The Bertz CT molecular complexity index is 402. The summed E-state index contributed by atoms with van der Waals surface area (Å²) < 4.78 is 15.9. The molecule has 152 valence electrons. The minimum absolute atomic E-state index is 0.503. The van der Waals surface area contributed by atoms with Crippen molar-refractivity contribution in [2.45, 2.75) is 115 Å². The maximum Gasteiger partial charge on any atom is 0.338 e. The van der Waals surface area contributed by atoms with Crippen LogP contribution >= 0.6 is 0 Å². The average Bonchev–Trinajstić information content (AvgIpc) is 3.09. The molecule has 0 saturated carbocycles. The minimum atomic E-state index is -1.32. The first-order chi connectivity index (χ1) is 12.6. The highest BCUT2D eigenvalue weighted by molar-refractivity contribution is 5.78. The van der Waals surface area contributed by atoms with Gasteiger partial charge in [-0.3, -0.25) is 0 Å². The van der Waals surface area contributed by atoms with Gasteiger partial charge in [-0.25, -0.2) is 4.79 Å². The summed E-state index contributed by atoms with van der Waals surface area (Å²) in [5, 5.41) is 19.7. The Morgan fingerprint density at radius 2 is 1.38 bits per heavy atom.